The van der Waals surface area contributed by atoms with E-state index in [1.54, 1.807) is 0 Å². The van der Waals surface area contributed by atoms with Gasteiger partial charge < -0.3 is 10.4 Å². The number of urea groups is 1. The molecule has 1 heterocycles. The predicted octanol–water partition coefficient (Wildman–Crippen LogP) is 2.89. The fourth-order valence-corrected chi connectivity index (χ4v) is 2.36. The van der Waals surface area contributed by atoms with E-state index in [0.29, 0.717) is 24.0 Å². The third-order valence-electron chi connectivity index (χ3n) is 2.80. The first-order valence-corrected chi connectivity index (χ1v) is 7.48. The predicted molar refractivity (Wildman–Crippen MR) is 79.3 cm³/mol. The summed E-state index contributed by atoms with van der Waals surface area (Å²) in [5.74, 6) is -0.356. The Balaban J connectivity index is 2.30. The van der Waals surface area contributed by atoms with Gasteiger partial charge in [-0.25, -0.2) is 9.78 Å². The molecule has 7 heteroatoms. The van der Waals surface area contributed by atoms with Crippen molar-refractivity contribution in [1.29, 1.82) is 0 Å². The monoisotopic (exact) mass is 299 g/mol. The maximum absolute atomic E-state index is 11.7. The maximum atomic E-state index is 11.7. The van der Waals surface area contributed by atoms with Crippen molar-refractivity contribution in [1.82, 2.24) is 10.3 Å². The number of nitrogens with one attached hydrogen (secondary N) is 2. The van der Waals surface area contributed by atoms with Crippen LogP contribution in [0.5, 0.6) is 0 Å². The Bertz CT molecular complexity index is 459. The summed E-state index contributed by atoms with van der Waals surface area (Å²) in [6.45, 7) is 6.44. The third kappa shape index (κ3) is 6.01. The number of hydrogen-bond acceptors (Lipinski definition) is 4. The number of carbonyl (C=O) groups excluding carboxylic acids is 1. The molecule has 6 nitrogen and oxygen atoms in total. The lowest BCUT2D eigenvalue weighted by atomic mass is 10.1. The van der Waals surface area contributed by atoms with Crippen molar-refractivity contribution in [2.24, 2.45) is 5.92 Å². The van der Waals surface area contributed by atoms with Gasteiger partial charge in [0.05, 0.1) is 5.69 Å². The molecule has 1 aromatic rings. The van der Waals surface area contributed by atoms with Gasteiger partial charge >= 0.3 is 12.0 Å². The molecule has 0 aromatic carbocycles. The van der Waals surface area contributed by atoms with Crippen LogP contribution in [-0.2, 0) is 4.79 Å². The average molecular weight is 299 g/mol. The van der Waals surface area contributed by atoms with Gasteiger partial charge in [-0.05, 0) is 18.3 Å². The number of carboxylic acids is 1. The highest BCUT2D eigenvalue weighted by Gasteiger charge is 2.10. The van der Waals surface area contributed by atoms with Crippen LogP contribution in [0.4, 0.5) is 9.93 Å². The van der Waals surface area contributed by atoms with Gasteiger partial charge in [0, 0.05) is 18.3 Å². The lowest BCUT2D eigenvalue weighted by Crippen LogP contribution is -2.32. The number of hydrogen-bond donors (Lipinski definition) is 3. The molecule has 0 saturated carbocycles. The normalized spacial score (nSPS) is 12.2. The molecule has 0 fully saturated rings. The zero-order valence-electron chi connectivity index (χ0n) is 12.0. The van der Waals surface area contributed by atoms with E-state index in [9.17, 15) is 9.59 Å². The summed E-state index contributed by atoms with van der Waals surface area (Å²) < 4.78 is 0. The molecule has 1 unspecified atom stereocenters. The van der Waals surface area contributed by atoms with Crippen molar-refractivity contribution < 1.29 is 14.7 Å². The lowest BCUT2D eigenvalue weighted by Gasteiger charge is -2.11. The smallest absolute Gasteiger partial charge is 0.321 e. The molecular formula is C13H21N3O3S. The highest BCUT2D eigenvalue weighted by molar-refractivity contribution is 7.13. The third-order valence-corrected chi connectivity index (χ3v) is 3.57. The van der Waals surface area contributed by atoms with Crippen LogP contribution in [0.15, 0.2) is 5.38 Å². The molecular weight excluding hydrogens is 278 g/mol. The van der Waals surface area contributed by atoms with Gasteiger partial charge in [0.15, 0.2) is 5.13 Å². The van der Waals surface area contributed by atoms with E-state index >= 15 is 0 Å². The maximum Gasteiger partial charge on any atom is 0.321 e. The molecule has 1 aromatic heterocycles. The number of anilines is 1. The van der Waals surface area contributed by atoms with Crippen LogP contribution in [-0.4, -0.2) is 28.6 Å². The number of carbonyl (C=O) groups is 2. The molecule has 112 valence electrons. The van der Waals surface area contributed by atoms with Gasteiger partial charge in [0.25, 0.3) is 0 Å². The second kappa shape index (κ2) is 7.84. The van der Waals surface area contributed by atoms with Crippen molar-refractivity contribution in [3.63, 3.8) is 0 Å². The van der Waals surface area contributed by atoms with E-state index in [0.717, 1.165) is 5.69 Å². The molecule has 0 aliphatic rings. The Morgan fingerprint density at radius 2 is 2.10 bits per heavy atom. The van der Waals surface area contributed by atoms with Crippen molar-refractivity contribution in [3.05, 3.63) is 11.1 Å². The van der Waals surface area contributed by atoms with Gasteiger partial charge in [-0.1, -0.05) is 20.8 Å². The number of amides is 2. The molecule has 0 saturated heterocycles. The fraction of sp³-hybridized carbons (Fsp3) is 0.615. The first kappa shape index (κ1) is 16.4. The zero-order chi connectivity index (χ0) is 15.1. The van der Waals surface area contributed by atoms with Crippen LogP contribution in [0, 0.1) is 5.92 Å². The fourth-order valence-electron chi connectivity index (χ4n) is 1.49. The van der Waals surface area contributed by atoms with Crippen LogP contribution in [0.25, 0.3) is 0 Å². The summed E-state index contributed by atoms with van der Waals surface area (Å²) in [5.41, 5.74) is 0.958. The highest BCUT2D eigenvalue weighted by Crippen LogP contribution is 2.21. The van der Waals surface area contributed by atoms with Gasteiger partial charge in [0.1, 0.15) is 0 Å². The van der Waals surface area contributed by atoms with Crippen molar-refractivity contribution in [2.75, 3.05) is 11.9 Å². The van der Waals surface area contributed by atoms with Gasteiger partial charge in [-0.15, -0.1) is 11.3 Å². The summed E-state index contributed by atoms with van der Waals surface area (Å²) >= 11 is 1.39. The van der Waals surface area contributed by atoms with Gasteiger partial charge in [0.2, 0.25) is 0 Å². The first-order chi connectivity index (χ1) is 9.38. The Labute approximate surface area is 122 Å². The summed E-state index contributed by atoms with van der Waals surface area (Å²) in [4.78, 5) is 26.4. The van der Waals surface area contributed by atoms with E-state index in [4.69, 9.17) is 5.11 Å². The van der Waals surface area contributed by atoms with E-state index in [-0.39, 0.29) is 18.4 Å². The Morgan fingerprint density at radius 3 is 2.65 bits per heavy atom. The quantitative estimate of drug-likeness (QED) is 0.722. The molecule has 0 radical (unpaired) electrons. The van der Waals surface area contributed by atoms with Crippen LogP contribution in [0.3, 0.4) is 0 Å². The van der Waals surface area contributed by atoms with Gasteiger partial charge in [-0.3, -0.25) is 10.1 Å². The number of aliphatic carboxylic acids is 1. The molecule has 3 N–H and O–H groups in total. The van der Waals surface area contributed by atoms with Crippen LogP contribution in [0.1, 0.15) is 45.2 Å². The topological polar surface area (TPSA) is 91.3 Å². The van der Waals surface area contributed by atoms with E-state index < -0.39 is 5.97 Å². The zero-order valence-corrected chi connectivity index (χ0v) is 12.8. The molecule has 2 amide bonds. The minimum absolute atomic E-state index is 0.120. The molecule has 1 rings (SSSR count). The highest BCUT2D eigenvalue weighted by atomic mass is 32.1. The van der Waals surface area contributed by atoms with Crippen LogP contribution in [0.2, 0.25) is 0 Å². The molecule has 1 atom stereocenters. The molecule has 0 aliphatic heterocycles. The van der Waals surface area contributed by atoms with Crippen LogP contribution < -0.4 is 10.6 Å². The first-order valence-electron chi connectivity index (χ1n) is 6.60. The Kier molecular flexibility index (Phi) is 6.44. The standard InChI is InChI=1S/C13H21N3O3S/c1-8(2)10-7-20-13(15-10)16-12(19)14-6-9(3)4-5-11(17)18/h7-9H,4-6H2,1-3H3,(H,17,18)(H2,14,15,16,19). The van der Waals surface area contributed by atoms with E-state index in [2.05, 4.69) is 15.6 Å². The number of carboxylic acid groups (broad SMARTS) is 1. The number of nitrogens with zero attached hydrogens (tertiary/aromatic N) is 1. The Hall–Kier alpha value is -1.63. The van der Waals surface area contributed by atoms with Crippen molar-refractivity contribution in [2.45, 2.75) is 39.5 Å². The average Bonchev–Trinajstić information content (AvgIpc) is 2.82. The lowest BCUT2D eigenvalue weighted by molar-refractivity contribution is -0.137. The minimum atomic E-state index is -0.815. The van der Waals surface area contributed by atoms with E-state index in [1.165, 1.54) is 11.3 Å². The van der Waals surface area contributed by atoms with Crippen molar-refractivity contribution in [3.8, 4) is 0 Å². The SMILES string of the molecule is CC(CCC(=O)O)CNC(=O)Nc1nc(C(C)C)cs1. The van der Waals surface area contributed by atoms with E-state index in [1.807, 2.05) is 26.2 Å². The van der Waals surface area contributed by atoms with Crippen LogP contribution >= 0.6 is 11.3 Å². The number of aromatic nitrogens is 1. The largest absolute Gasteiger partial charge is 0.481 e. The minimum Gasteiger partial charge on any atom is -0.481 e. The van der Waals surface area contributed by atoms with Gasteiger partial charge in [-0.2, -0.15) is 0 Å². The van der Waals surface area contributed by atoms with Crippen molar-refractivity contribution >= 4 is 28.5 Å². The second-order valence-corrected chi connectivity index (χ2v) is 5.96. The molecule has 0 spiro atoms. The summed E-state index contributed by atoms with van der Waals surface area (Å²) in [7, 11) is 0. The molecule has 20 heavy (non-hydrogen) atoms. The summed E-state index contributed by atoms with van der Waals surface area (Å²) in [6, 6.07) is -0.308. The Morgan fingerprint density at radius 1 is 1.40 bits per heavy atom. The molecule has 0 bridgehead atoms. The number of thiazole rings is 1. The molecule has 0 aliphatic carbocycles. The summed E-state index contributed by atoms with van der Waals surface area (Å²) in [5, 5.41) is 16.5. The second-order valence-electron chi connectivity index (χ2n) is 5.10. The summed E-state index contributed by atoms with van der Waals surface area (Å²) in [6.07, 6.45) is 0.666. The number of rotatable bonds is 7.